The lowest BCUT2D eigenvalue weighted by Gasteiger charge is -2.43. The number of benzene rings is 5. The van der Waals surface area contributed by atoms with Crippen LogP contribution in [0, 0.1) is 13.8 Å². The zero-order valence-corrected chi connectivity index (χ0v) is 34.6. The van der Waals surface area contributed by atoms with Crippen molar-refractivity contribution in [2.24, 2.45) is 0 Å². The molecule has 0 atom stereocenters. The van der Waals surface area contributed by atoms with E-state index in [0.29, 0.717) is 0 Å². The Kier molecular flexibility index (Phi) is 11.4. The van der Waals surface area contributed by atoms with E-state index in [1.54, 1.807) is 5.56 Å². The summed E-state index contributed by atoms with van der Waals surface area (Å²) in [7, 11) is -1.00. The molecule has 5 aromatic carbocycles. The quantitative estimate of drug-likeness (QED) is 0.127. The summed E-state index contributed by atoms with van der Waals surface area (Å²) in [5.74, 6) is 0. The van der Waals surface area contributed by atoms with Gasteiger partial charge >= 0.3 is 0 Å². The molecule has 0 saturated carbocycles. The fourth-order valence-electron chi connectivity index (χ4n) is 7.89. The van der Waals surface area contributed by atoms with E-state index in [4.69, 9.17) is 0 Å². The Labute approximate surface area is 307 Å². The van der Waals surface area contributed by atoms with E-state index in [9.17, 15) is 0 Å². The largest absolute Gasteiger partial charge is 0.0911 e. The monoisotopic (exact) mass is 698 g/mol. The van der Waals surface area contributed by atoms with Crippen molar-refractivity contribution in [3.8, 4) is 0 Å². The molecule has 0 heterocycles. The van der Waals surface area contributed by atoms with Gasteiger partial charge in [0, 0.05) is 17.0 Å². The highest BCUT2D eigenvalue weighted by Gasteiger charge is 2.38. The second-order valence-electron chi connectivity index (χ2n) is 17.2. The van der Waals surface area contributed by atoms with E-state index in [1.807, 2.05) is 0 Å². The summed E-state index contributed by atoms with van der Waals surface area (Å²) < 4.78 is 0. The predicted molar refractivity (Wildman–Crippen MR) is 226 cm³/mol. The van der Waals surface area contributed by atoms with Gasteiger partial charge in [0.15, 0.2) is 0 Å². The van der Waals surface area contributed by atoms with Crippen molar-refractivity contribution >= 4 is 26.5 Å². The molecular weight excluding hydrogens is 638 g/mol. The van der Waals surface area contributed by atoms with Crippen molar-refractivity contribution in [1.29, 1.82) is 0 Å². The molecule has 0 aromatic heterocycles. The summed E-state index contributed by atoms with van der Waals surface area (Å²) in [4.78, 5) is 0. The molecule has 5 rings (SSSR count). The lowest BCUT2D eigenvalue weighted by atomic mass is 9.67. The number of hydrogen-bond acceptors (Lipinski definition) is 0. The molecule has 0 N–H and O–H groups in total. The summed E-state index contributed by atoms with van der Waals surface area (Å²) in [5.41, 5.74) is 11.1. The fraction of sp³-hybridized carbons (Fsp3) is 0.375. The summed E-state index contributed by atoms with van der Waals surface area (Å²) >= 11 is 0. The average molecular weight is 699 g/mol. The minimum atomic E-state index is -0.643. The molecule has 5 aromatic rings. The Bertz CT molecular complexity index is 1830. The molecule has 262 valence electrons. The van der Waals surface area contributed by atoms with Crippen LogP contribution in [0.3, 0.4) is 0 Å². The second kappa shape index (κ2) is 14.9. The lowest BCUT2D eigenvalue weighted by molar-refractivity contribution is 0.577. The van der Waals surface area contributed by atoms with Crippen LogP contribution in [0.2, 0.25) is 0 Å². The molecule has 0 unspecified atom stereocenters. The summed E-state index contributed by atoms with van der Waals surface area (Å²) in [6.45, 7) is 29.2. The fourth-order valence-corrected chi connectivity index (χ4v) is 14.3. The molecule has 0 amide bonds. The Hall–Kier alpha value is -3.04. The highest BCUT2D eigenvalue weighted by Crippen LogP contribution is 2.62. The van der Waals surface area contributed by atoms with Gasteiger partial charge in [-0.25, -0.2) is 0 Å². The van der Waals surface area contributed by atoms with Crippen molar-refractivity contribution in [2.45, 2.75) is 117 Å². The SMILES string of the molecule is Cc1ccccc1P(Cc1cc(C(C)(C)c2ccccc2)c(C(C)(C)c2ccccc2)cc1CP(C(C)(C)C)C(C)(C)C)c1ccccc1C. The van der Waals surface area contributed by atoms with Crippen LogP contribution < -0.4 is 10.6 Å². The van der Waals surface area contributed by atoms with E-state index in [1.165, 1.54) is 49.6 Å². The molecule has 2 heteroatoms. The molecule has 0 aliphatic rings. The minimum Gasteiger partial charge on any atom is -0.0911 e. The van der Waals surface area contributed by atoms with Gasteiger partial charge in [0.1, 0.15) is 0 Å². The van der Waals surface area contributed by atoms with Gasteiger partial charge in [-0.15, -0.1) is 0 Å². The lowest BCUT2D eigenvalue weighted by Crippen LogP contribution is -2.30. The molecule has 0 radical (unpaired) electrons. The molecule has 0 spiro atoms. The maximum Gasteiger partial charge on any atom is 0.0149 e. The molecule has 50 heavy (non-hydrogen) atoms. The van der Waals surface area contributed by atoms with E-state index in [2.05, 4.69) is 204 Å². The van der Waals surface area contributed by atoms with Crippen molar-refractivity contribution in [3.63, 3.8) is 0 Å². The maximum atomic E-state index is 2.68. The van der Waals surface area contributed by atoms with Gasteiger partial charge in [-0.2, -0.15) is 0 Å². The zero-order valence-electron chi connectivity index (χ0n) is 32.9. The molecule has 0 aliphatic heterocycles. The van der Waals surface area contributed by atoms with E-state index < -0.39 is 7.92 Å². The second-order valence-corrected chi connectivity index (χ2v) is 23.2. The van der Waals surface area contributed by atoms with Crippen LogP contribution in [0.15, 0.2) is 121 Å². The average Bonchev–Trinajstić information content (AvgIpc) is 3.06. The highest BCUT2D eigenvalue weighted by molar-refractivity contribution is 7.72. The Morgan fingerprint density at radius 3 is 1.12 bits per heavy atom. The van der Waals surface area contributed by atoms with Crippen LogP contribution in [0.4, 0.5) is 0 Å². The highest BCUT2D eigenvalue weighted by atomic mass is 31.1. The molecule has 0 fully saturated rings. The number of hydrogen-bond donors (Lipinski definition) is 0. The Morgan fingerprint density at radius 1 is 0.420 bits per heavy atom. The number of aryl methyl sites for hydroxylation is 2. The zero-order chi connectivity index (χ0) is 36.5. The first kappa shape index (κ1) is 38.2. The van der Waals surface area contributed by atoms with Crippen LogP contribution in [-0.4, -0.2) is 10.3 Å². The predicted octanol–water partition coefficient (Wildman–Crippen LogP) is 13.2. The van der Waals surface area contributed by atoms with E-state index in [-0.39, 0.29) is 29.1 Å². The van der Waals surface area contributed by atoms with Crippen LogP contribution in [0.5, 0.6) is 0 Å². The van der Waals surface area contributed by atoms with Crippen molar-refractivity contribution in [3.05, 3.63) is 166 Å². The van der Waals surface area contributed by atoms with Gasteiger partial charge in [0.25, 0.3) is 0 Å². The summed E-state index contributed by atoms with van der Waals surface area (Å²) in [6.07, 6.45) is 2.15. The third-order valence-corrected chi connectivity index (χ3v) is 17.5. The standard InChI is InChI=1S/C48H60P2/c1-35-23-19-21-29-43(35)49(44-30-22-20-24-36(44)2)33-37-31-41(47(9,10)39-25-15-13-16-26-39)42(48(11,12)40-27-17-14-18-28-40)32-38(37)34-50(45(3,4)5)46(6,7)8/h13-32H,33-34H2,1-12H3. The van der Waals surface area contributed by atoms with Crippen molar-refractivity contribution in [1.82, 2.24) is 0 Å². The third kappa shape index (κ3) is 8.20. The van der Waals surface area contributed by atoms with Crippen molar-refractivity contribution in [2.75, 3.05) is 0 Å². The van der Waals surface area contributed by atoms with E-state index in [0.717, 1.165) is 12.3 Å². The van der Waals surface area contributed by atoms with Crippen molar-refractivity contribution < 1.29 is 0 Å². The minimum absolute atomic E-state index is 0.182. The van der Waals surface area contributed by atoms with E-state index >= 15 is 0 Å². The Morgan fingerprint density at radius 2 is 0.760 bits per heavy atom. The summed E-state index contributed by atoms with van der Waals surface area (Å²) in [5, 5.41) is 3.43. The number of rotatable bonds is 10. The summed E-state index contributed by atoms with van der Waals surface area (Å²) in [6, 6.07) is 46.0. The molecular formula is C48H60P2. The van der Waals surface area contributed by atoms with Crippen LogP contribution in [0.25, 0.3) is 0 Å². The van der Waals surface area contributed by atoms with Gasteiger partial charge in [0.2, 0.25) is 0 Å². The van der Waals surface area contributed by atoms with Crippen LogP contribution >= 0.6 is 15.8 Å². The first-order valence-electron chi connectivity index (χ1n) is 18.4. The van der Waals surface area contributed by atoms with Crippen LogP contribution in [0.1, 0.15) is 114 Å². The van der Waals surface area contributed by atoms with Gasteiger partial charge in [-0.05, 0) is 93.4 Å². The normalized spacial score (nSPS) is 12.9. The molecule has 0 saturated heterocycles. The van der Waals surface area contributed by atoms with Gasteiger partial charge in [-0.1, -0.05) is 198 Å². The van der Waals surface area contributed by atoms with Gasteiger partial charge in [-0.3, -0.25) is 0 Å². The molecule has 0 aliphatic carbocycles. The first-order chi connectivity index (χ1) is 23.4. The maximum absolute atomic E-state index is 2.68. The van der Waals surface area contributed by atoms with Crippen LogP contribution in [-0.2, 0) is 23.2 Å². The van der Waals surface area contributed by atoms with Gasteiger partial charge in [0.05, 0.1) is 0 Å². The molecule has 0 nitrogen and oxygen atoms in total. The smallest absolute Gasteiger partial charge is 0.0149 e. The first-order valence-corrected chi connectivity index (χ1v) is 21.4. The topological polar surface area (TPSA) is 0 Å². The third-order valence-electron chi connectivity index (χ3n) is 10.8. The van der Waals surface area contributed by atoms with Gasteiger partial charge < -0.3 is 0 Å². The Balaban J connectivity index is 1.85. The molecule has 0 bridgehead atoms.